The summed E-state index contributed by atoms with van der Waals surface area (Å²) in [6.45, 7) is 4.75. The maximum Gasteiger partial charge on any atom is 0.272 e. The van der Waals surface area contributed by atoms with Crippen LogP contribution in [0.15, 0.2) is 42.5 Å². The van der Waals surface area contributed by atoms with E-state index in [9.17, 15) is 14.9 Å². The number of unbranched alkanes of at least 4 members (excludes halogenated alkanes) is 1. The number of aryl methyl sites for hydroxylation is 2. The Morgan fingerprint density at radius 1 is 1.25 bits per heavy atom. The standard InChI is InChI=1S/C21H23N3O4/c1-4-5-12-23-18-9-7-6-8-16(18)14(2)20(23)21(25)22-17-13-15(24(26)27)10-11-19(17)28-3/h6-11,13H,4-5,12H2,1-3H3,(H,22,25). The summed E-state index contributed by atoms with van der Waals surface area (Å²) in [7, 11) is 1.46. The van der Waals surface area contributed by atoms with Crippen molar-refractivity contribution in [1.82, 2.24) is 4.57 Å². The fourth-order valence-corrected chi connectivity index (χ4v) is 3.41. The Kier molecular flexibility index (Phi) is 5.63. The molecule has 0 aliphatic rings. The van der Waals surface area contributed by atoms with E-state index in [4.69, 9.17) is 4.74 Å². The number of nitrogens with zero attached hydrogens (tertiary/aromatic N) is 2. The van der Waals surface area contributed by atoms with Gasteiger partial charge in [-0.2, -0.15) is 0 Å². The summed E-state index contributed by atoms with van der Waals surface area (Å²) >= 11 is 0. The number of hydrogen-bond acceptors (Lipinski definition) is 4. The van der Waals surface area contributed by atoms with Gasteiger partial charge in [0.05, 0.1) is 17.7 Å². The van der Waals surface area contributed by atoms with Crippen LogP contribution in [0, 0.1) is 17.0 Å². The van der Waals surface area contributed by atoms with Crippen LogP contribution in [-0.2, 0) is 6.54 Å². The van der Waals surface area contributed by atoms with E-state index in [0.717, 1.165) is 35.9 Å². The van der Waals surface area contributed by atoms with Gasteiger partial charge in [-0.1, -0.05) is 31.5 Å². The number of nitro benzene ring substituents is 1. The summed E-state index contributed by atoms with van der Waals surface area (Å²) in [6.07, 6.45) is 1.95. The van der Waals surface area contributed by atoms with Gasteiger partial charge < -0.3 is 14.6 Å². The van der Waals surface area contributed by atoms with Crippen LogP contribution in [0.2, 0.25) is 0 Å². The molecule has 1 N–H and O–H groups in total. The highest BCUT2D eigenvalue weighted by Crippen LogP contribution is 2.31. The van der Waals surface area contributed by atoms with Crippen molar-refractivity contribution in [3.05, 3.63) is 63.8 Å². The van der Waals surface area contributed by atoms with E-state index in [2.05, 4.69) is 12.2 Å². The van der Waals surface area contributed by atoms with Gasteiger partial charge in [-0.25, -0.2) is 0 Å². The first-order valence-electron chi connectivity index (χ1n) is 9.19. The zero-order valence-corrected chi connectivity index (χ0v) is 16.2. The Balaban J connectivity index is 2.06. The van der Waals surface area contributed by atoms with E-state index in [1.54, 1.807) is 0 Å². The van der Waals surface area contributed by atoms with Gasteiger partial charge in [-0.3, -0.25) is 14.9 Å². The molecule has 0 atom stereocenters. The average Bonchev–Trinajstić information content (AvgIpc) is 2.98. The molecule has 1 heterocycles. The molecule has 0 unspecified atom stereocenters. The number of amides is 1. The van der Waals surface area contributed by atoms with Crippen LogP contribution >= 0.6 is 0 Å². The van der Waals surface area contributed by atoms with Gasteiger partial charge in [0.15, 0.2) is 0 Å². The maximum absolute atomic E-state index is 13.2. The summed E-state index contributed by atoms with van der Waals surface area (Å²) in [5.41, 5.74) is 2.61. The van der Waals surface area contributed by atoms with E-state index in [1.165, 1.54) is 25.3 Å². The van der Waals surface area contributed by atoms with Gasteiger partial charge >= 0.3 is 0 Å². The first kappa shape index (κ1) is 19.4. The summed E-state index contributed by atoms with van der Waals surface area (Å²) in [5.74, 6) is 0.0522. The summed E-state index contributed by atoms with van der Waals surface area (Å²) in [6, 6.07) is 12.0. The molecule has 0 spiro atoms. The number of ether oxygens (including phenoxy) is 1. The van der Waals surface area contributed by atoms with Crippen molar-refractivity contribution < 1.29 is 14.5 Å². The quantitative estimate of drug-likeness (QED) is 0.465. The smallest absolute Gasteiger partial charge is 0.272 e. The van der Waals surface area contributed by atoms with Crippen LogP contribution in [0.3, 0.4) is 0 Å². The number of hydrogen-bond donors (Lipinski definition) is 1. The third-order valence-corrected chi connectivity index (χ3v) is 4.82. The van der Waals surface area contributed by atoms with Crippen LogP contribution in [0.4, 0.5) is 11.4 Å². The molecular formula is C21H23N3O4. The second-order valence-corrected chi connectivity index (χ2v) is 6.59. The number of para-hydroxylation sites is 1. The van der Waals surface area contributed by atoms with Crippen LogP contribution in [0.25, 0.3) is 10.9 Å². The third kappa shape index (κ3) is 3.55. The molecule has 1 amide bonds. The van der Waals surface area contributed by atoms with E-state index in [0.29, 0.717) is 11.4 Å². The summed E-state index contributed by atoms with van der Waals surface area (Å²) in [4.78, 5) is 23.8. The highest BCUT2D eigenvalue weighted by molar-refractivity contribution is 6.09. The van der Waals surface area contributed by atoms with Gasteiger partial charge in [0.25, 0.3) is 11.6 Å². The van der Waals surface area contributed by atoms with Crippen molar-refractivity contribution in [2.45, 2.75) is 33.2 Å². The van der Waals surface area contributed by atoms with Crippen molar-refractivity contribution in [2.24, 2.45) is 0 Å². The van der Waals surface area contributed by atoms with Crippen molar-refractivity contribution in [1.29, 1.82) is 0 Å². The van der Waals surface area contributed by atoms with Crippen LogP contribution in [0.5, 0.6) is 5.75 Å². The number of fused-ring (bicyclic) bond motifs is 1. The number of non-ortho nitro benzene ring substituents is 1. The molecule has 0 saturated heterocycles. The third-order valence-electron chi connectivity index (χ3n) is 4.82. The average molecular weight is 381 g/mol. The maximum atomic E-state index is 13.2. The number of nitro groups is 1. The number of anilines is 1. The predicted octanol–water partition coefficient (Wildman–Crippen LogP) is 4.92. The molecule has 3 aromatic rings. The minimum atomic E-state index is -0.501. The number of aromatic nitrogens is 1. The van der Waals surface area contributed by atoms with E-state index < -0.39 is 4.92 Å². The number of benzene rings is 2. The molecule has 1 aromatic heterocycles. The number of rotatable bonds is 7. The van der Waals surface area contributed by atoms with Gasteiger partial charge in [-0.15, -0.1) is 0 Å². The molecule has 0 saturated carbocycles. The molecule has 146 valence electrons. The highest BCUT2D eigenvalue weighted by atomic mass is 16.6. The van der Waals surface area contributed by atoms with Crippen LogP contribution < -0.4 is 10.1 Å². The fourth-order valence-electron chi connectivity index (χ4n) is 3.41. The summed E-state index contributed by atoms with van der Waals surface area (Å²) in [5, 5.41) is 14.9. The number of carbonyl (C=O) groups is 1. The zero-order valence-electron chi connectivity index (χ0n) is 16.2. The zero-order chi connectivity index (χ0) is 20.3. The lowest BCUT2D eigenvalue weighted by atomic mass is 10.1. The van der Waals surface area contributed by atoms with Crippen molar-refractivity contribution in [3.8, 4) is 5.75 Å². The molecule has 0 aliphatic carbocycles. The molecule has 0 bridgehead atoms. The van der Waals surface area contributed by atoms with Crippen molar-refractivity contribution in [2.75, 3.05) is 12.4 Å². The summed E-state index contributed by atoms with van der Waals surface area (Å²) < 4.78 is 7.28. The first-order chi connectivity index (χ1) is 13.5. The Morgan fingerprint density at radius 3 is 2.68 bits per heavy atom. The predicted molar refractivity (Wildman–Crippen MR) is 109 cm³/mol. The molecule has 0 fully saturated rings. The van der Waals surface area contributed by atoms with Crippen molar-refractivity contribution in [3.63, 3.8) is 0 Å². The Bertz CT molecular complexity index is 1040. The lowest BCUT2D eigenvalue weighted by Crippen LogP contribution is -2.19. The Morgan fingerprint density at radius 2 is 2.00 bits per heavy atom. The fraction of sp³-hybridized carbons (Fsp3) is 0.286. The number of carbonyl (C=O) groups excluding carboxylic acids is 1. The molecule has 28 heavy (non-hydrogen) atoms. The Labute approximate surface area is 163 Å². The normalized spacial score (nSPS) is 10.8. The van der Waals surface area contributed by atoms with Gasteiger partial charge in [0, 0.05) is 29.6 Å². The van der Waals surface area contributed by atoms with E-state index in [-0.39, 0.29) is 17.3 Å². The molecule has 7 heteroatoms. The van der Waals surface area contributed by atoms with Gasteiger partial charge in [0.2, 0.25) is 0 Å². The second-order valence-electron chi connectivity index (χ2n) is 6.59. The lowest BCUT2D eigenvalue weighted by Gasteiger charge is -2.13. The largest absolute Gasteiger partial charge is 0.495 e. The lowest BCUT2D eigenvalue weighted by molar-refractivity contribution is -0.384. The van der Waals surface area contributed by atoms with Crippen LogP contribution in [-0.4, -0.2) is 22.5 Å². The molecule has 7 nitrogen and oxygen atoms in total. The van der Waals surface area contributed by atoms with E-state index >= 15 is 0 Å². The van der Waals surface area contributed by atoms with Gasteiger partial charge in [0.1, 0.15) is 11.4 Å². The van der Waals surface area contributed by atoms with Crippen molar-refractivity contribution >= 4 is 28.2 Å². The molecule has 0 radical (unpaired) electrons. The van der Waals surface area contributed by atoms with Crippen LogP contribution in [0.1, 0.15) is 35.8 Å². The molecule has 0 aliphatic heterocycles. The monoisotopic (exact) mass is 381 g/mol. The van der Waals surface area contributed by atoms with Gasteiger partial charge in [-0.05, 0) is 31.0 Å². The molecule has 3 rings (SSSR count). The van der Waals surface area contributed by atoms with E-state index in [1.807, 2.05) is 35.8 Å². The molecular weight excluding hydrogens is 358 g/mol. The number of methoxy groups -OCH3 is 1. The molecule has 2 aromatic carbocycles. The number of nitrogens with one attached hydrogen (secondary N) is 1. The first-order valence-corrected chi connectivity index (χ1v) is 9.19. The SMILES string of the molecule is CCCCn1c(C(=O)Nc2cc([N+](=O)[O-])ccc2OC)c(C)c2ccccc21. The minimum absolute atomic E-state index is 0.112. The second kappa shape index (κ2) is 8.12. The highest BCUT2D eigenvalue weighted by Gasteiger charge is 2.22. The minimum Gasteiger partial charge on any atom is -0.495 e. The topological polar surface area (TPSA) is 86.4 Å². The Hall–Kier alpha value is -3.35.